The maximum Gasteiger partial charge on any atom is 0.305 e. The molecule has 2 aliphatic rings. The lowest BCUT2D eigenvalue weighted by atomic mass is 10.1. The highest BCUT2D eigenvalue weighted by Gasteiger charge is 2.37. The fraction of sp³-hybridized carbons (Fsp3) is 0.625. The Hall–Kier alpha value is -1.59. The van der Waals surface area contributed by atoms with Crippen molar-refractivity contribution in [3.8, 4) is 0 Å². The average molecular weight is 196 g/mol. The molecule has 2 unspecified atom stereocenters. The molecule has 2 rings (SSSR count). The molecule has 1 saturated heterocycles. The molecule has 0 bridgehead atoms. The summed E-state index contributed by atoms with van der Waals surface area (Å²) in [6.45, 7) is 0. The number of rotatable bonds is 2. The van der Waals surface area contributed by atoms with Crippen molar-refractivity contribution < 1.29 is 9.90 Å². The van der Waals surface area contributed by atoms with Gasteiger partial charge in [-0.1, -0.05) is 0 Å². The Kier molecular flexibility index (Phi) is 2.11. The Morgan fingerprint density at radius 1 is 1.71 bits per heavy atom. The van der Waals surface area contributed by atoms with Gasteiger partial charge in [0.25, 0.3) is 0 Å². The van der Waals surface area contributed by atoms with Gasteiger partial charge in [0.2, 0.25) is 0 Å². The third-order valence-corrected chi connectivity index (χ3v) is 2.61. The van der Waals surface area contributed by atoms with E-state index in [0.29, 0.717) is 5.84 Å². The van der Waals surface area contributed by atoms with E-state index >= 15 is 0 Å². The summed E-state index contributed by atoms with van der Waals surface area (Å²) in [6, 6.07) is -0.0350. The Bertz CT molecular complexity index is 312. The van der Waals surface area contributed by atoms with Crippen LogP contribution in [0.3, 0.4) is 0 Å². The number of carboxylic acid groups (broad SMARTS) is 1. The molecule has 14 heavy (non-hydrogen) atoms. The van der Waals surface area contributed by atoms with Gasteiger partial charge in [-0.2, -0.15) is 5.10 Å². The molecule has 1 fully saturated rings. The molecule has 0 aromatic rings. The van der Waals surface area contributed by atoms with Crippen LogP contribution in [0.5, 0.6) is 0 Å². The highest BCUT2D eigenvalue weighted by molar-refractivity contribution is 5.93. The molecule has 0 aromatic carbocycles. The SMILES string of the molecule is NC1=NC=NN2C(CC(=O)O)CCC12. The minimum Gasteiger partial charge on any atom is -0.481 e. The van der Waals surface area contributed by atoms with Gasteiger partial charge >= 0.3 is 5.97 Å². The molecule has 2 heterocycles. The Labute approximate surface area is 81.1 Å². The van der Waals surface area contributed by atoms with Crippen molar-refractivity contribution in [2.75, 3.05) is 0 Å². The zero-order chi connectivity index (χ0) is 10.1. The van der Waals surface area contributed by atoms with E-state index in [1.807, 2.05) is 0 Å². The number of carboxylic acids is 1. The van der Waals surface area contributed by atoms with Crippen LogP contribution in [0.1, 0.15) is 19.3 Å². The third kappa shape index (κ3) is 1.43. The number of hydrogen-bond donors (Lipinski definition) is 2. The lowest BCUT2D eigenvalue weighted by Crippen LogP contribution is -2.43. The van der Waals surface area contributed by atoms with E-state index in [-0.39, 0.29) is 18.5 Å². The van der Waals surface area contributed by atoms with E-state index in [9.17, 15) is 4.79 Å². The number of fused-ring (bicyclic) bond motifs is 1. The second-order valence-electron chi connectivity index (χ2n) is 3.51. The summed E-state index contributed by atoms with van der Waals surface area (Å²) in [5.74, 6) is -0.264. The Morgan fingerprint density at radius 2 is 2.50 bits per heavy atom. The second-order valence-corrected chi connectivity index (χ2v) is 3.51. The van der Waals surface area contributed by atoms with Gasteiger partial charge in [0.15, 0.2) is 0 Å². The number of nitrogens with two attached hydrogens (primary N) is 1. The Morgan fingerprint density at radius 3 is 3.21 bits per heavy atom. The van der Waals surface area contributed by atoms with Gasteiger partial charge in [-0.15, -0.1) is 0 Å². The standard InChI is InChI=1S/C8H12N4O2/c9-8-6-2-1-5(3-7(13)14)12(6)11-4-10-8/h4-6H,1-3H2,(H,13,14)(H2,9,10,11). The number of aliphatic carboxylic acids is 1. The first-order valence-electron chi connectivity index (χ1n) is 4.54. The van der Waals surface area contributed by atoms with E-state index in [0.717, 1.165) is 12.8 Å². The van der Waals surface area contributed by atoms with Crippen molar-refractivity contribution in [3.05, 3.63) is 0 Å². The van der Waals surface area contributed by atoms with E-state index in [1.165, 1.54) is 6.34 Å². The summed E-state index contributed by atoms with van der Waals surface area (Å²) >= 11 is 0. The molecule has 0 aliphatic carbocycles. The molecule has 6 heteroatoms. The zero-order valence-electron chi connectivity index (χ0n) is 7.63. The summed E-state index contributed by atoms with van der Waals surface area (Å²) in [5, 5.41) is 14.5. The highest BCUT2D eigenvalue weighted by Crippen LogP contribution is 2.27. The second kappa shape index (κ2) is 3.28. The topological polar surface area (TPSA) is 91.3 Å². The normalized spacial score (nSPS) is 30.0. The van der Waals surface area contributed by atoms with Crippen LogP contribution in [0.4, 0.5) is 0 Å². The highest BCUT2D eigenvalue weighted by atomic mass is 16.4. The number of hydrogen-bond acceptors (Lipinski definition) is 5. The maximum atomic E-state index is 10.6. The molecule has 2 atom stereocenters. The van der Waals surface area contributed by atoms with Crippen molar-refractivity contribution >= 4 is 18.1 Å². The molecular formula is C8H12N4O2. The predicted molar refractivity (Wildman–Crippen MR) is 51.0 cm³/mol. The van der Waals surface area contributed by atoms with Gasteiger partial charge in [0.1, 0.15) is 18.2 Å². The fourth-order valence-corrected chi connectivity index (χ4v) is 1.96. The van der Waals surface area contributed by atoms with E-state index in [1.54, 1.807) is 5.01 Å². The molecule has 0 aromatic heterocycles. The van der Waals surface area contributed by atoms with Gasteiger partial charge < -0.3 is 10.8 Å². The van der Waals surface area contributed by atoms with Gasteiger partial charge in [0.05, 0.1) is 12.5 Å². The fourth-order valence-electron chi connectivity index (χ4n) is 1.96. The molecule has 0 spiro atoms. The third-order valence-electron chi connectivity index (χ3n) is 2.61. The summed E-state index contributed by atoms with van der Waals surface area (Å²) in [4.78, 5) is 14.5. The maximum absolute atomic E-state index is 10.6. The van der Waals surface area contributed by atoms with Crippen LogP contribution in [-0.4, -0.2) is 40.3 Å². The molecule has 76 valence electrons. The summed E-state index contributed by atoms with van der Waals surface area (Å²) in [7, 11) is 0. The van der Waals surface area contributed by atoms with Crippen LogP contribution in [0, 0.1) is 0 Å². The summed E-state index contributed by atoms with van der Waals surface area (Å²) in [5.41, 5.74) is 5.68. The molecule has 0 saturated carbocycles. The van der Waals surface area contributed by atoms with Crippen molar-refractivity contribution in [1.29, 1.82) is 0 Å². The van der Waals surface area contributed by atoms with Crippen molar-refractivity contribution in [3.63, 3.8) is 0 Å². The summed E-state index contributed by atoms with van der Waals surface area (Å²) in [6.07, 6.45) is 3.14. The number of hydrazone groups is 1. The van der Waals surface area contributed by atoms with E-state index in [4.69, 9.17) is 10.8 Å². The van der Waals surface area contributed by atoms with Crippen LogP contribution >= 0.6 is 0 Å². The van der Waals surface area contributed by atoms with Crippen LogP contribution in [0.15, 0.2) is 10.1 Å². The predicted octanol–water partition coefficient (Wildman–Crippen LogP) is -0.392. The first kappa shape index (κ1) is 8.98. The van der Waals surface area contributed by atoms with Crippen molar-refractivity contribution in [1.82, 2.24) is 5.01 Å². The van der Waals surface area contributed by atoms with E-state index in [2.05, 4.69) is 10.1 Å². The number of aliphatic imine (C=N–C) groups is 1. The molecule has 2 aliphatic heterocycles. The van der Waals surface area contributed by atoms with Gasteiger partial charge in [0, 0.05) is 0 Å². The Balaban J connectivity index is 2.09. The first-order chi connectivity index (χ1) is 6.68. The molecular weight excluding hydrogens is 184 g/mol. The lowest BCUT2D eigenvalue weighted by molar-refractivity contribution is -0.138. The average Bonchev–Trinajstić information content (AvgIpc) is 2.49. The monoisotopic (exact) mass is 196 g/mol. The zero-order valence-corrected chi connectivity index (χ0v) is 7.63. The number of amidine groups is 1. The van der Waals surface area contributed by atoms with Gasteiger partial charge in [-0.05, 0) is 12.8 Å². The van der Waals surface area contributed by atoms with Crippen molar-refractivity contribution in [2.45, 2.75) is 31.3 Å². The van der Waals surface area contributed by atoms with Gasteiger partial charge in [-0.25, -0.2) is 4.99 Å². The number of carbonyl (C=O) groups is 1. The van der Waals surface area contributed by atoms with Crippen molar-refractivity contribution in [2.24, 2.45) is 15.8 Å². The van der Waals surface area contributed by atoms with Crippen LogP contribution < -0.4 is 5.73 Å². The minimum atomic E-state index is -0.799. The van der Waals surface area contributed by atoms with E-state index < -0.39 is 5.97 Å². The lowest BCUT2D eigenvalue weighted by Gasteiger charge is -2.27. The first-order valence-corrected chi connectivity index (χ1v) is 4.54. The summed E-state index contributed by atoms with van der Waals surface area (Å²) < 4.78 is 0. The molecule has 0 amide bonds. The molecule has 3 N–H and O–H groups in total. The largest absolute Gasteiger partial charge is 0.481 e. The molecule has 6 nitrogen and oxygen atoms in total. The quantitative estimate of drug-likeness (QED) is 0.629. The smallest absolute Gasteiger partial charge is 0.305 e. The molecule has 0 radical (unpaired) electrons. The van der Waals surface area contributed by atoms with Crippen LogP contribution in [-0.2, 0) is 4.79 Å². The van der Waals surface area contributed by atoms with Gasteiger partial charge in [-0.3, -0.25) is 9.80 Å². The minimum absolute atomic E-state index is 0.00403. The number of nitrogens with zero attached hydrogens (tertiary/aromatic N) is 3. The van der Waals surface area contributed by atoms with Crippen LogP contribution in [0.25, 0.3) is 0 Å². The van der Waals surface area contributed by atoms with Crippen LogP contribution in [0.2, 0.25) is 0 Å².